The summed E-state index contributed by atoms with van der Waals surface area (Å²) in [4.78, 5) is 10.8. The summed E-state index contributed by atoms with van der Waals surface area (Å²) in [5.74, 6) is -1.67. The van der Waals surface area contributed by atoms with E-state index in [-0.39, 0.29) is 16.2 Å². The van der Waals surface area contributed by atoms with Gasteiger partial charge in [0.1, 0.15) is 5.82 Å². The van der Waals surface area contributed by atoms with Crippen LogP contribution in [-0.2, 0) is 16.6 Å². The SMILES string of the molecule is O=C(O)c1ccc(F)c(S(=O)Cc2ccc(I)cc2)c1. The van der Waals surface area contributed by atoms with Crippen LogP contribution in [0.3, 0.4) is 0 Å². The largest absolute Gasteiger partial charge is 0.478 e. The second kappa shape index (κ2) is 6.45. The molecule has 0 aliphatic carbocycles. The van der Waals surface area contributed by atoms with Crippen LogP contribution in [0.25, 0.3) is 0 Å². The van der Waals surface area contributed by atoms with Gasteiger partial charge in [-0.3, -0.25) is 4.21 Å². The first-order chi connectivity index (χ1) is 9.47. The summed E-state index contributed by atoms with van der Waals surface area (Å²) in [7, 11) is -1.62. The summed E-state index contributed by atoms with van der Waals surface area (Å²) in [6, 6.07) is 10.7. The van der Waals surface area contributed by atoms with E-state index in [1.165, 1.54) is 0 Å². The molecule has 1 N–H and O–H groups in total. The van der Waals surface area contributed by atoms with E-state index in [0.29, 0.717) is 0 Å². The second-order valence-corrected chi connectivity index (χ2v) is 6.73. The zero-order chi connectivity index (χ0) is 14.7. The molecule has 2 aromatic carbocycles. The Kier molecular flexibility index (Phi) is 4.87. The highest BCUT2D eigenvalue weighted by atomic mass is 127. The molecule has 1 atom stereocenters. The fourth-order valence-electron chi connectivity index (χ4n) is 1.62. The molecule has 3 nitrogen and oxygen atoms in total. The first-order valence-electron chi connectivity index (χ1n) is 5.63. The lowest BCUT2D eigenvalue weighted by atomic mass is 10.2. The summed E-state index contributed by atoms with van der Waals surface area (Å²) in [5, 5.41) is 8.88. The number of hydrogen-bond acceptors (Lipinski definition) is 2. The van der Waals surface area contributed by atoms with Gasteiger partial charge in [-0.1, -0.05) is 12.1 Å². The van der Waals surface area contributed by atoms with Crippen LogP contribution in [0.2, 0.25) is 0 Å². The van der Waals surface area contributed by atoms with E-state index in [0.717, 1.165) is 27.3 Å². The molecule has 0 bridgehead atoms. The Hall–Kier alpha value is -1.28. The molecule has 0 aromatic heterocycles. The Bertz CT molecular complexity index is 671. The summed E-state index contributed by atoms with van der Waals surface area (Å²) >= 11 is 2.16. The predicted molar refractivity (Wildman–Crippen MR) is 82.6 cm³/mol. The fourth-order valence-corrected chi connectivity index (χ4v) is 3.17. The number of halogens is 2. The van der Waals surface area contributed by atoms with Crippen LogP contribution in [0.15, 0.2) is 47.4 Å². The highest BCUT2D eigenvalue weighted by Crippen LogP contribution is 2.18. The van der Waals surface area contributed by atoms with Gasteiger partial charge in [-0.15, -0.1) is 0 Å². The van der Waals surface area contributed by atoms with Crippen LogP contribution in [0.4, 0.5) is 4.39 Å². The topological polar surface area (TPSA) is 54.4 Å². The summed E-state index contributed by atoms with van der Waals surface area (Å²) in [6.45, 7) is 0. The third kappa shape index (κ3) is 3.63. The first kappa shape index (κ1) is 15.1. The number of carboxylic acid groups (broad SMARTS) is 1. The lowest BCUT2D eigenvalue weighted by molar-refractivity contribution is 0.0696. The minimum atomic E-state index is -1.62. The molecular formula is C14H10FIO3S. The predicted octanol–water partition coefficient (Wildman–Crippen LogP) is 3.44. The Labute approximate surface area is 131 Å². The Balaban J connectivity index is 2.26. The van der Waals surface area contributed by atoms with Gasteiger partial charge >= 0.3 is 5.97 Å². The number of carboxylic acids is 1. The zero-order valence-corrected chi connectivity index (χ0v) is 13.2. The summed E-state index contributed by atoms with van der Waals surface area (Å²) in [5.41, 5.74) is 0.737. The van der Waals surface area contributed by atoms with Gasteiger partial charge in [0.2, 0.25) is 0 Å². The number of aromatic carboxylic acids is 1. The molecule has 0 heterocycles. The van der Waals surface area contributed by atoms with Crippen molar-refractivity contribution >= 4 is 39.4 Å². The molecule has 1 unspecified atom stereocenters. The van der Waals surface area contributed by atoms with Gasteiger partial charge < -0.3 is 5.11 Å². The molecule has 2 aromatic rings. The van der Waals surface area contributed by atoms with E-state index in [1.807, 2.05) is 24.3 Å². The molecule has 0 spiro atoms. The van der Waals surface area contributed by atoms with E-state index in [1.54, 1.807) is 0 Å². The highest BCUT2D eigenvalue weighted by molar-refractivity contribution is 14.1. The molecule has 0 aliphatic rings. The monoisotopic (exact) mass is 404 g/mol. The van der Waals surface area contributed by atoms with Crippen molar-refractivity contribution < 1.29 is 18.5 Å². The van der Waals surface area contributed by atoms with Crippen LogP contribution in [0.1, 0.15) is 15.9 Å². The maximum absolute atomic E-state index is 13.7. The smallest absolute Gasteiger partial charge is 0.335 e. The van der Waals surface area contributed by atoms with E-state index in [4.69, 9.17) is 5.11 Å². The highest BCUT2D eigenvalue weighted by Gasteiger charge is 2.14. The van der Waals surface area contributed by atoms with Gasteiger partial charge in [0.15, 0.2) is 0 Å². The zero-order valence-electron chi connectivity index (χ0n) is 10.2. The fraction of sp³-hybridized carbons (Fsp3) is 0.0714. The Morgan fingerprint density at radius 1 is 1.20 bits per heavy atom. The van der Waals surface area contributed by atoms with Crippen LogP contribution < -0.4 is 0 Å². The molecule has 20 heavy (non-hydrogen) atoms. The average Bonchev–Trinajstić information content (AvgIpc) is 2.41. The number of benzene rings is 2. The van der Waals surface area contributed by atoms with Crippen molar-refractivity contribution in [2.75, 3.05) is 0 Å². The molecule has 0 fully saturated rings. The maximum atomic E-state index is 13.7. The minimum absolute atomic E-state index is 0.0719. The van der Waals surface area contributed by atoms with Gasteiger partial charge in [-0.25, -0.2) is 9.18 Å². The lowest BCUT2D eigenvalue weighted by Gasteiger charge is -2.05. The van der Waals surface area contributed by atoms with E-state index in [9.17, 15) is 13.4 Å². The quantitative estimate of drug-likeness (QED) is 0.795. The van der Waals surface area contributed by atoms with Gasteiger partial charge in [0.05, 0.1) is 27.0 Å². The number of carbonyl (C=O) groups is 1. The van der Waals surface area contributed by atoms with Crippen molar-refractivity contribution in [1.82, 2.24) is 0 Å². The molecule has 104 valence electrons. The third-order valence-electron chi connectivity index (χ3n) is 2.63. The molecular weight excluding hydrogens is 394 g/mol. The maximum Gasteiger partial charge on any atom is 0.335 e. The van der Waals surface area contributed by atoms with Crippen molar-refractivity contribution in [2.45, 2.75) is 10.6 Å². The van der Waals surface area contributed by atoms with Crippen LogP contribution in [-0.4, -0.2) is 15.3 Å². The van der Waals surface area contributed by atoms with E-state index in [2.05, 4.69) is 22.6 Å². The molecule has 0 saturated carbocycles. The van der Waals surface area contributed by atoms with Crippen LogP contribution in [0, 0.1) is 9.39 Å². The molecule has 2 rings (SSSR count). The summed E-state index contributed by atoms with van der Waals surface area (Å²) < 4.78 is 26.9. The van der Waals surface area contributed by atoms with E-state index < -0.39 is 22.6 Å². The first-order valence-corrected chi connectivity index (χ1v) is 8.03. The van der Waals surface area contributed by atoms with Crippen molar-refractivity contribution in [2.24, 2.45) is 0 Å². The minimum Gasteiger partial charge on any atom is -0.478 e. The van der Waals surface area contributed by atoms with Crippen LogP contribution in [0.5, 0.6) is 0 Å². The van der Waals surface area contributed by atoms with Gasteiger partial charge in [0, 0.05) is 3.57 Å². The average molecular weight is 404 g/mol. The van der Waals surface area contributed by atoms with Crippen LogP contribution >= 0.6 is 22.6 Å². The van der Waals surface area contributed by atoms with Gasteiger partial charge in [0.25, 0.3) is 0 Å². The van der Waals surface area contributed by atoms with Crippen molar-refractivity contribution in [3.05, 3.63) is 63.0 Å². The van der Waals surface area contributed by atoms with Gasteiger partial charge in [-0.2, -0.15) is 0 Å². The second-order valence-electron chi connectivity index (χ2n) is 4.07. The Morgan fingerprint density at radius 3 is 2.45 bits per heavy atom. The van der Waals surface area contributed by atoms with Crippen molar-refractivity contribution in [3.8, 4) is 0 Å². The third-order valence-corrected chi connectivity index (χ3v) is 4.75. The Morgan fingerprint density at radius 2 is 1.85 bits per heavy atom. The number of hydrogen-bond donors (Lipinski definition) is 1. The number of rotatable bonds is 4. The molecule has 0 amide bonds. The standard InChI is InChI=1S/C14H10FIO3S/c15-12-6-3-10(14(17)18)7-13(12)20(19)8-9-1-4-11(16)5-2-9/h1-7H,8H2,(H,17,18). The molecule has 0 radical (unpaired) electrons. The molecule has 6 heteroatoms. The lowest BCUT2D eigenvalue weighted by Crippen LogP contribution is -2.03. The van der Waals surface area contributed by atoms with E-state index >= 15 is 0 Å². The molecule has 0 aliphatic heterocycles. The van der Waals surface area contributed by atoms with Gasteiger partial charge in [-0.05, 0) is 58.5 Å². The van der Waals surface area contributed by atoms with Crippen molar-refractivity contribution in [1.29, 1.82) is 0 Å². The normalized spacial score (nSPS) is 12.1. The molecule has 0 saturated heterocycles. The van der Waals surface area contributed by atoms with Crippen molar-refractivity contribution in [3.63, 3.8) is 0 Å². The summed E-state index contributed by atoms with van der Waals surface area (Å²) in [6.07, 6.45) is 0.